The maximum absolute atomic E-state index is 15.0. The van der Waals surface area contributed by atoms with Gasteiger partial charge in [0.05, 0.1) is 5.97 Å². The molecule has 0 heterocycles. The van der Waals surface area contributed by atoms with Crippen LogP contribution in [0.25, 0.3) is 17.2 Å². The highest BCUT2D eigenvalue weighted by Gasteiger charge is 2.52. The average molecular weight is 482 g/mol. The summed E-state index contributed by atoms with van der Waals surface area (Å²) in [6.45, 7) is 0.497. The van der Waals surface area contributed by atoms with E-state index in [-0.39, 0.29) is 11.2 Å². The van der Waals surface area contributed by atoms with Crippen LogP contribution in [0.5, 0.6) is 5.75 Å². The molecule has 0 aromatic heterocycles. The molecule has 4 aliphatic carbocycles. The number of halogens is 1. The molecule has 3 aromatic rings. The Balaban J connectivity index is 1.41. The van der Waals surface area contributed by atoms with Crippen LogP contribution < -0.4 is 9.84 Å². The minimum atomic E-state index is -1.27. The van der Waals surface area contributed by atoms with Crippen molar-refractivity contribution in [1.82, 2.24) is 0 Å². The van der Waals surface area contributed by atoms with Gasteiger partial charge in [0.15, 0.2) is 0 Å². The Morgan fingerprint density at radius 1 is 0.944 bits per heavy atom. The summed E-state index contributed by atoms with van der Waals surface area (Å²) in [7, 11) is 0. The standard InChI is InChI=1S/C32H31FO3/c33-29-9-6-21(7-11-31(34)35)15-27(29)26-8-10-30(36-20-22-4-2-1-3-5-22)28(16-26)32-17-23-12-24(18-32)14-25(13-23)19-32/h1-11,15-16,23-25H,12-14,17-20H2,(H,34,35)/p-1/b11-7+. The van der Waals surface area contributed by atoms with Crippen molar-refractivity contribution in [2.24, 2.45) is 17.8 Å². The van der Waals surface area contributed by atoms with Crippen molar-refractivity contribution in [3.8, 4) is 16.9 Å². The SMILES string of the molecule is O=C([O-])/C=C/c1ccc(F)c(-c2ccc(OCc3ccccc3)c(C34CC5CC(CC(C5)C3)C4)c2)c1. The Kier molecular flexibility index (Phi) is 5.91. The molecule has 4 bridgehead atoms. The average Bonchev–Trinajstić information content (AvgIpc) is 2.87. The van der Waals surface area contributed by atoms with Gasteiger partial charge in [-0.2, -0.15) is 0 Å². The lowest BCUT2D eigenvalue weighted by Gasteiger charge is -2.57. The number of hydrogen-bond donors (Lipinski definition) is 0. The van der Waals surface area contributed by atoms with Crippen molar-refractivity contribution in [3.63, 3.8) is 0 Å². The molecule has 3 nitrogen and oxygen atoms in total. The first-order chi connectivity index (χ1) is 17.5. The number of benzene rings is 3. The third-order valence-corrected chi connectivity index (χ3v) is 8.54. The number of hydrogen-bond acceptors (Lipinski definition) is 3. The molecule has 0 spiro atoms. The first-order valence-electron chi connectivity index (χ1n) is 13.0. The van der Waals surface area contributed by atoms with Gasteiger partial charge in [-0.1, -0.05) is 48.5 Å². The van der Waals surface area contributed by atoms with E-state index < -0.39 is 5.97 Å². The van der Waals surface area contributed by atoms with Gasteiger partial charge >= 0.3 is 0 Å². The van der Waals surface area contributed by atoms with Crippen LogP contribution in [0.3, 0.4) is 0 Å². The summed E-state index contributed by atoms with van der Waals surface area (Å²) in [5.74, 6) is 1.63. The topological polar surface area (TPSA) is 49.4 Å². The molecular weight excluding hydrogens is 451 g/mol. The fourth-order valence-electron chi connectivity index (χ4n) is 7.45. The van der Waals surface area contributed by atoms with E-state index in [1.54, 1.807) is 12.1 Å². The number of carboxylic acid groups (broad SMARTS) is 1. The number of carbonyl (C=O) groups is 1. The summed E-state index contributed by atoms with van der Waals surface area (Å²) in [4.78, 5) is 10.9. The van der Waals surface area contributed by atoms with Crippen LogP contribution in [0, 0.1) is 23.6 Å². The molecule has 4 heteroatoms. The van der Waals surface area contributed by atoms with Crippen LogP contribution in [-0.2, 0) is 16.8 Å². The highest BCUT2D eigenvalue weighted by atomic mass is 19.1. The summed E-state index contributed by atoms with van der Waals surface area (Å²) >= 11 is 0. The molecule has 0 aliphatic heterocycles. The molecule has 3 aromatic carbocycles. The Morgan fingerprint density at radius 3 is 2.31 bits per heavy atom. The summed E-state index contributed by atoms with van der Waals surface area (Å²) in [6.07, 6.45) is 10.00. The van der Waals surface area contributed by atoms with Gasteiger partial charge in [0.25, 0.3) is 0 Å². The van der Waals surface area contributed by atoms with Crippen LogP contribution in [0.1, 0.15) is 55.2 Å². The minimum absolute atomic E-state index is 0.0831. The highest BCUT2D eigenvalue weighted by molar-refractivity contribution is 5.84. The number of ether oxygens (including phenoxy) is 1. The van der Waals surface area contributed by atoms with Crippen molar-refractivity contribution < 1.29 is 19.0 Å². The Hall–Kier alpha value is -3.40. The van der Waals surface area contributed by atoms with E-state index in [1.807, 2.05) is 30.3 Å². The summed E-state index contributed by atoms with van der Waals surface area (Å²) in [5, 5.41) is 10.9. The number of aliphatic carboxylic acids is 1. The van der Waals surface area contributed by atoms with Crippen LogP contribution in [0.2, 0.25) is 0 Å². The van der Waals surface area contributed by atoms with Gasteiger partial charge in [0, 0.05) is 11.1 Å². The van der Waals surface area contributed by atoms with Gasteiger partial charge in [-0.3, -0.25) is 0 Å². The van der Waals surface area contributed by atoms with E-state index in [9.17, 15) is 9.90 Å². The largest absolute Gasteiger partial charge is 0.545 e. The van der Waals surface area contributed by atoms with Gasteiger partial charge in [-0.25, -0.2) is 4.39 Å². The molecule has 36 heavy (non-hydrogen) atoms. The molecule has 4 aliphatic rings. The molecule has 0 radical (unpaired) electrons. The molecule has 0 unspecified atom stereocenters. The fourth-order valence-corrected chi connectivity index (χ4v) is 7.45. The second-order valence-corrected chi connectivity index (χ2v) is 11.1. The smallest absolute Gasteiger partial charge is 0.131 e. The summed E-state index contributed by atoms with van der Waals surface area (Å²) < 4.78 is 21.5. The third-order valence-electron chi connectivity index (χ3n) is 8.54. The van der Waals surface area contributed by atoms with Gasteiger partial charge < -0.3 is 14.6 Å². The summed E-state index contributed by atoms with van der Waals surface area (Å²) in [6, 6.07) is 21.0. The van der Waals surface area contributed by atoms with Gasteiger partial charge in [0.1, 0.15) is 18.2 Å². The normalized spacial score (nSPS) is 26.4. The van der Waals surface area contributed by atoms with Gasteiger partial charge in [0.2, 0.25) is 0 Å². The lowest BCUT2D eigenvalue weighted by Crippen LogP contribution is -2.48. The van der Waals surface area contributed by atoms with Crippen molar-refractivity contribution in [2.75, 3.05) is 0 Å². The fraction of sp³-hybridized carbons (Fsp3) is 0.344. The first kappa shape index (κ1) is 23.0. The monoisotopic (exact) mass is 481 g/mol. The van der Waals surface area contributed by atoms with E-state index in [4.69, 9.17) is 4.74 Å². The van der Waals surface area contributed by atoms with Gasteiger partial charge in [-0.15, -0.1) is 0 Å². The second-order valence-electron chi connectivity index (χ2n) is 11.1. The number of rotatable bonds is 7. The minimum Gasteiger partial charge on any atom is -0.545 e. The van der Waals surface area contributed by atoms with Gasteiger partial charge in [-0.05, 0) is 109 Å². The molecule has 4 fully saturated rings. The zero-order valence-corrected chi connectivity index (χ0v) is 20.3. The predicted molar refractivity (Wildman–Crippen MR) is 137 cm³/mol. The molecular formula is C32H30FO3-. The zero-order valence-electron chi connectivity index (χ0n) is 20.3. The molecule has 0 amide bonds. The van der Waals surface area contributed by atoms with E-state index in [0.29, 0.717) is 17.7 Å². The predicted octanol–water partition coefficient (Wildman–Crippen LogP) is 6.30. The van der Waals surface area contributed by atoms with E-state index in [1.165, 1.54) is 56.2 Å². The molecule has 184 valence electrons. The molecule has 0 atom stereocenters. The number of carboxylic acids is 1. The quantitative estimate of drug-likeness (QED) is 0.372. The Bertz CT molecular complexity index is 1270. The molecule has 7 rings (SSSR count). The zero-order chi connectivity index (χ0) is 24.7. The molecule has 4 saturated carbocycles. The number of carbonyl (C=O) groups excluding carboxylic acids is 1. The van der Waals surface area contributed by atoms with E-state index >= 15 is 4.39 Å². The lowest BCUT2D eigenvalue weighted by molar-refractivity contribution is -0.297. The first-order valence-corrected chi connectivity index (χ1v) is 13.0. The van der Waals surface area contributed by atoms with Crippen molar-refractivity contribution in [2.45, 2.75) is 50.5 Å². The van der Waals surface area contributed by atoms with Crippen molar-refractivity contribution in [3.05, 3.63) is 95.3 Å². The maximum atomic E-state index is 15.0. The van der Waals surface area contributed by atoms with E-state index in [0.717, 1.165) is 40.7 Å². The van der Waals surface area contributed by atoms with Crippen molar-refractivity contribution >= 4 is 12.0 Å². The maximum Gasteiger partial charge on any atom is 0.131 e. The van der Waals surface area contributed by atoms with Crippen LogP contribution in [-0.4, -0.2) is 5.97 Å². The van der Waals surface area contributed by atoms with Crippen LogP contribution in [0.15, 0.2) is 72.8 Å². The summed E-state index contributed by atoms with van der Waals surface area (Å²) in [5.41, 5.74) is 4.31. The lowest BCUT2D eigenvalue weighted by atomic mass is 9.48. The van der Waals surface area contributed by atoms with Crippen LogP contribution >= 0.6 is 0 Å². The highest BCUT2D eigenvalue weighted by Crippen LogP contribution is 2.62. The second kappa shape index (κ2) is 9.24. The third kappa shape index (κ3) is 4.45. The Labute approximate surface area is 211 Å². The van der Waals surface area contributed by atoms with Crippen molar-refractivity contribution in [1.29, 1.82) is 0 Å². The van der Waals surface area contributed by atoms with E-state index in [2.05, 4.69) is 18.2 Å². The molecule has 0 N–H and O–H groups in total. The Morgan fingerprint density at radius 2 is 1.64 bits per heavy atom. The van der Waals surface area contributed by atoms with Crippen LogP contribution in [0.4, 0.5) is 4.39 Å². The molecule has 0 saturated heterocycles.